The molecule has 0 radical (unpaired) electrons. The topological polar surface area (TPSA) is 67.8 Å². The molecule has 0 bridgehead atoms. The van der Waals surface area contributed by atoms with Crippen molar-refractivity contribution in [3.05, 3.63) is 51.1 Å². The molecule has 23 heavy (non-hydrogen) atoms. The third-order valence-corrected chi connectivity index (χ3v) is 5.08. The number of hydrogen-bond donors (Lipinski definition) is 1. The number of pyridine rings is 1. The lowest BCUT2D eigenvalue weighted by atomic mass is 10.1. The number of fused-ring (bicyclic) bond motifs is 1. The molecule has 1 fully saturated rings. The van der Waals surface area contributed by atoms with Crippen LogP contribution in [0.1, 0.15) is 39.1 Å². The second-order valence-electron chi connectivity index (χ2n) is 5.51. The number of benzene rings is 1. The molecule has 1 N–H and O–H groups in total. The minimum Gasteiger partial charge on any atom is -0.345 e. The van der Waals surface area contributed by atoms with Crippen LogP contribution < -0.4 is 5.32 Å². The van der Waals surface area contributed by atoms with Gasteiger partial charge in [-0.1, -0.05) is 29.0 Å². The number of halogens is 1. The molecule has 0 spiro atoms. The van der Waals surface area contributed by atoms with Gasteiger partial charge in [0.2, 0.25) is 0 Å². The maximum atomic E-state index is 12.5. The molecule has 116 valence electrons. The summed E-state index contributed by atoms with van der Waals surface area (Å²) < 4.78 is 0. The van der Waals surface area contributed by atoms with Crippen molar-refractivity contribution in [2.24, 2.45) is 0 Å². The molecule has 0 unspecified atom stereocenters. The average Bonchev–Trinajstić information content (AvgIpc) is 3.30. The van der Waals surface area contributed by atoms with E-state index in [2.05, 4.69) is 20.5 Å². The van der Waals surface area contributed by atoms with Crippen LogP contribution in [0.2, 0.25) is 5.02 Å². The average molecular weight is 345 g/mol. The smallest absolute Gasteiger partial charge is 0.252 e. The van der Waals surface area contributed by atoms with E-state index in [0.717, 1.165) is 15.4 Å². The number of amides is 1. The first kappa shape index (κ1) is 14.5. The van der Waals surface area contributed by atoms with Crippen LogP contribution in [0.5, 0.6) is 0 Å². The van der Waals surface area contributed by atoms with Crippen LogP contribution in [-0.4, -0.2) is 21.1 Å². The van der Waals surface area contributed by atoms with Crippen molar-refractivity contribution < 1.29 is 4.79 Å². The zero-order chi connectivity index (χ0) is 15.8. The van der Waals surface area contributed by atoms with Crippen molar-refractivity contribution in [1.82, 2.24) is 20.5 Å². The van der Waals surface area contributed by atoms with Crippen LogP contribution in [-0.2, 0) is 6.54 Å². The van der Waals surface area contributed by atoms with Gasteiger partial charge in [-0.3, -0.25) is 9.78 Å². The third kappa shape index (κ3) is 3.04. The summed E-state index contributed by atoms with van der Waals surface area (Å²) in [5.74, 6) is 0.439. The van der Waals surface area contributed by atoms with Gasteiger partial charge in [0.1, 0.15) is 10.0 Å². The van der Waals surface area contributed by atoms with Gasteiger partial charge in [0, 0.05) is 22.5 Å². The van der Waals surface area contributed by atoms with E-state index in [0.29, 0.717) is 28.6 Å². The summed E-state index contributed by atoms with van der Waals surface area (Å²) in [6.07, 6.45) is 4.02. The van der Waals surface area contributed by atoms with E-state index >= 15 is 0 Å². The van der Waals surface area contributed by atoms with Gasteiger partial charge in [-0.15, -0.1) is 10.2 Å². The van der Waals surface area contributed by atoms with Gasteiger partial charge < -0.3 is 5.32 Å². The fourth-order valence-corrected chi connectivity index (χ4v) is 3.52. The zero-order valence-corrected chi connectivity index (χ0v) is 13.7. The molecule has 1 aliphatic carbocycles. The normalized spacial score (nSPS) is 14.1. The summed E-state index contributed by atoms with van der Waals surface area (Å²) in [5, 5.41) is 14.5. The van der Waals surface area contributed by atoms with Gasteiger partial charge in [-0.25, -0.2) is 0 Å². The van der Waals surface area contributed by atoms with Crippen molar-refractivity contribution in [2.45, 2.75) is 25.3 Å². The van der Waals surface area contributed by atoms with E-state index in [1.54, 1.807) is 35.7 Å². The second kappa shape index (κ2) is 5.86. The molecule has 3 aromatic rings. The van der Waals surface area contributed by atoms with Crippen LogP contribution in [0.25, 0.3) is 10.9 Å². The third-order valence-electron chi connectivity index (χ3n) is 3.76. The minimum absolute atomic E-state index is 0.150. The van der Waals surface area contributed by atoms with Gasteiger partial charge in [-0.2, -0.15) is 0 Å². The Morgan fingerprint density at radius 3 is 3.00 bits per heavy atom. The zero-order valence-electron chi connectivity index (χ0n) is 12.1. The van der Waals surface area contributed by atoms with Gasteiger partial charge in [0.15, 0.2) is 0 Å². The van der Waals surface area contributed by atoms with E-state index in [1.165, 1.54) is 12.8 Å². The monoisotopic (exact) mass is 344 g/mol. The fourth-order valence-electron chi connectivity index (χ4n) is 2.40. The lowest BCUT2D eigenvalue weighted by molar-refractivity contribution is 0.0952. The summed E-state index contributed by atoms with van der Waals surface area (Å²) >= 11 is 7.55. The standard InChI is InChI=1S/C16H13ClN4OS/c17-10-3-4-11-12(5-6-18-13(11)7-10)15(22)19-8-14-20-21-16(23-14)9-1-2-9/h3-7,9H,1-2,8H2,(H,19,22). The molecule has 1 saturated carbocycles. The van der Waals surface area contributed by atoms with Gasteiger partial charge in [0.05, 0.1) is 17.6 Å². The van der Waals surface area contributed by atoms with Crippen molar-refractivity contribution in [1.29, 1.82) is 0 Å². The van der Waals surface area contributed by atoms with Gasteiger partial charge in [0.25, 0.3) is 5.91 Å². The Hall–Kier alpha value is -2.05. The molecule has 0 atom stereocenters. The minimum atomic E-state index is -0.150. The Morgan fingerprint density at radius 2 is 2.17 bits per heavy atom. The number of hydrogen-bond acceptors (Lipinski definition) is 5. The largest absolute Gasteiger partial charge is 0.345 e. The molecule has 1 amide bonds. The number of carbonyl (C=O) groups excluding carboxylic acids is 1. The van der Waals surface area contributed by atoms with Crippen LogP contribution in [0.15, 0.2) is 30.5 Å². The van der Waals surface area contributed by atoms with E-state index in [-0.39, 0.29) is 5.91 Å². The first-order chi connectivity index (χ1) is 11.2. The summed E-state index contributed by atoms with van der Waals surface area (Å²) in [6.45, 7) is 0.390. The highest BCUT2D eigenvalue weighted by molar-refractivity contribution is 7.11. The van der Waals surface area contributed by atoms with Gasteiger partial charge >= 0.3 is 0 Å². The lowest BCUT2D eigenvalue weighted by Gasteiger charge is -2.06. The summed E-state index contributed by atoms with van der Waals surface area (Å²) in [7, 11) is 0. The first-order valence-electron chi connectivity index (χ1n) is 7.35. The SMILES string of the molecule is O=C(NCc1nnc(C2CC2)s1)c1ccnc2cc(Cl)ccc12. The molecule has 4 rings (SSSR count). The molecule has 2 aromatic heterocycles. The molecular weight excluding hydrogens is 332 g/mol. The molecular formula is C16H13ClN4OS. The number of rotatable bonds is 4. The van der Waals surface area contributed by atoms with Crippen LogP contribution in [0.4, 0.5) is 0 Å². The summed E-state index contributed by atoms with van der Waals surface area (Å²) in [5.41, 5.74) is 1.29. The summed E-state index contributed by atoms with van der Waals surface area (Å²) in [6, 6.07) is 7.03. The second-order valence-corrected chi connectivity index (χ2v) is 7.04. The first-order valence-corrected chi connectivity index (χ1v) is 8.55. The van der Waals surface area contributed by atoms with E-state index in [1.807, 2.05) is 6.07 Å². The maximum Gasteiger partial charge on any atom is 0.252 e. The van der Waals surface area contributed by atoms with Crippen LogP contribution in [0.3, 0.4) is 0 Å². The Kier molecular flexibility index (Phi) is 3.71. The van der Waals surface area contributed by atoms with Crippen molar-refractivity contribution in [2.75, 3.05) is 0 Å². The van der Waals surface area contributed by atoms with E-state index in [4.69, 9.17) is 11.6 Å². The number of aromatic nitrogens is 3. The molecule has 7 heteroatoms. The molecule has 0 saturated heterocycles. The number of nitrogens with zero attached hydrogens (tertiary/aromatic N) is 3. The van der Waals surface area contributed by atoms with Crippen molar-refractivity contribution in [3.8, 4) is 0 Å². The Morgan fingerprint density at radius 1 is 1.30 bits per heavy atom. The summed E-state index contributed by atoms with van der Waals surface area (Å²) in [4.78, 5) is 16.7. The maximum absolute atomic E-state index is 12.5. The number of nitrogens with one attached hydrogen (secondary N) is 1. The van der Waals surface area contributed by atoms with Crippen LogP contribution in [0, 0.1) is 0 Å². The lowest BCUT2D eigenvalue weighted by Crippen LogP contribution is -2.23. The fraction of sp³-hybridized carbons (Fsp3) is 0.250. The van der Waals surface area contributed by atoms with E-state index in [9.17, 15) is 4.79 Å². The molecule has 1 aliphatic rings. The van der Waals surface area contributed by atoms with Gasteiger partial charge in [-0.05, 0) is 31.0 Å². The predicted molar refractivity (Wildman–Crippen MR) is 89.8 cm³/mol. The van der Waals surface area contributed by atoms with Crippen LogP contribution >= 0.6 is 22.9 Å². The highest BCUT2D eigenvalue weighted by Crippen LogP contribution is 2.41. The number of carbonyl (C=O) groups is 1. The molecule has 0 aliphatic heterocycles. The van der Waals surface area contributed by atoms with Crippen molar-refractivity contribution in [3.63, 3.8) is 0 Å². The quantitative estimate of drug-likeness (QED) is 0.786. The molecule has 2 heterocycles. The highest BCUT2D eigenvalue weighted by atomic mass is 35.5. The van der Waals surface area contributed by atoms with Crippen molar-refractivity contribution >= 4 is 39.7 Å². The molecule has 5 nitrogen and oxygen atoms in total. The highest BCUT2D eigenvalue weighted by Gasteiger charge is 2.27. The predicted octanol–water partition coefficient (Wildman–Crippen LogP) is 3.55. The Bertz CT molecular complexity index is 891. The molecule has 1 aromatic carbocycles. The Labute approximate surface area is 141 Å². The Balaban J connectivity index is 1.52. The van der Waals surface area contributed by atoms with E-state index < -0.39 is 0 Å².